The maximum atomic E-state index is 13.6. The molecule has 142 valence electrons. The number of carbonyl (C=O) groups is 1. The van der Waals surface area contributed by atoms with E-state index in [9.17, 15) is 13.6 Å². The molecule has 1 amide bonds. The van der Waals surface area contributed by atoms with Crippen molar-refractivity contribution in [2.75, 3.05) is 32.1 Å². The maximum Gasteiger partial charge on any atom is 0.260 e. The highest BCUT2D eigenvalue weighted by molar-refractivity contribution is 7.22. The van der Waals surface area contributed by atoms with Crippen LogP contribution >= 0.6 is 22.9 Å². The molecule has 0 aliphatic carbocycles. The maximum absolute atomic E-state index is 13.6. The Balaban J connectivity index is 2.03. The Morgan fingerprint density at radius 1 is 1.15 bits per heavy atom. The number of fused-ring (bicyclic) bond motifs is 1. The van der Waals surface area contributed by atoms with Gasteiger partial charge >= 0.3 is 0 Å². The lowest BCUT2D eigenvalue weighted by Crippen LogP contribution is -2.36. The molecule has 0 bridgehead atoms. The number of aryl methyl sites for hydroxylation is 1. The molecule has 0 atom stereocenters. The van der Waals surface area contributed by atoms with E-state index in [4.69, 9.17) is 11.6 Å². The fourth-order valence-electron chi connectivity index (χ4n) is 2.63. The fraction of sp³-hybridized carbons (Fsp3) is 0.263. The summed E-state index contributed by atoms with van der Waals surface area (Å²) in [5.41, 5.74) is 1.75. The van der Waals surface area contributed by atoms with Crippen LogP contribution in [0.25, 0.3) is 10.2 Å². The van der Waals surface area contributed by atoms with E-state index in [1.54, 1.807) is 6.07 Å². The van der Waals surface area contributed by atoms with Crippen LogP contribution in [0.1, 0.15) is 15.9 Å². The molecule has 0 N–H and O–H groups in total. The van der Waals surface area contributed by atoms with E-state index < -0.39 is 17.5 Å². The number of hydrogen-bond acceptors (Lipinski definition) is 4. The van der Waals surface area contributed by atoms with Gasteiger partial charge < -0.3 is 4.90 Å². The average molecular weight is 410 g/mol. The van der Waals surface area contributed by atoms with E-state index in [0.717, 1.165) is 27.9 Å². The molecule has 27 heavy (non-hydrogen) atoms. The lowest BCUT2D eigenvalue weighted by atomic mass is 10.2. The summed E-state index contributed by atoms with van der Waals surface area (Å²) in [5.74, 6) is -2.48. The zero-order chi connectivity index (χ0) is 19.7. The van der Waals surface area contributed by atoms with E-state index in [1.165, 1.54) is 22.3 Å². The van der Waals surface area contributed by atoms with Gasteiger partial charge in [-0.2, -0.15) is 0 Å². The number of amides is 1. The smallest absolute Gasteiger partial charge is 0.260 e. The number of nitrogens with zero attached hydrogens (tertiary/aromatic N) is 3. The van der Waals surface area contributed by atoms with Crippen LogP contribution in [-0.2, 0) is 0 Å². The number of likely N-dealkylation sites (N-methyl/N-ethyl adjacent to an activating group) is 1. The summed E-state index contributed by atoms with van der Waals surface area (Å²) in [6.45, 7) is 2.85. The van der Waals surface area contributed by atoms with Crippen molar-refractivity contribution in [3.63, 3.8) is 0 Å². The second-order valence-corrected chi connectivity index (χ2v) is 7.90. The highest BCUT2D eigenvalue weighted by Crippen LogP contribution is 2.33. The minimum Gasteiger partial charge on any atom is -0.308 e. The molecule has 0 unspecified atom stereocenters. The number of hydrogen-bond donors (Lipinski definition) is 0. The van der Waals surface area contributed by atoms with E-state index >= 15 is 0 Å². The third-order valence-corrected chi connectivity index (χ3v) is 5.30. The normalized spacial score (nSPS) is 11.4. The highest BCUT2D eigenvalue weighted by Gasteiger charge is 2.23. The molecule has 0 aliphatic heterocycles. The van der Waals surface area contributed by atoms with Crippen LogP contribution in [0.2, 0.25) is 5.02 Å². The van der Waals surface area contributed by atoms with Crippen molar-refractivity contribution in [3.05, 3.63) is 58.1 Å². The molecular weight excluding hydrogens is 392 g/mol. The van der Waals surface area contributed by atoms with E-state index in [0.29, 0.717) is 23.2 Å². The molecule has 0 fully saturated rings. The Morgan fingerprint density at radius 2 is 1.89 bits per heavy atom. The molecule has 8 heteroatoms. The van der Waals surface area contributed by atoms with Gasteiger partial charge in [-0.25, -0.2) is 13.8 Å². The van der Waals surface area contributed by atoms with Gasteiger partial charge in [0.25, 0.3) is 5.91 Å². The van der Waals surface area contributed by atoms with Crippen molar-refractivity contribution in [2.24, 2.45) is 0 Å². The number of benzene rings is 2. The standard InChI is InChI=1S/C19H18ClF2N3OS/c1-11-8-13(20)10-16-17(11)23-19(27-16)25(7-6-24(2)3)18(26)12-4-5-14(21)15(22)9-12/h4-5,8-10H,6-7H2,1-3H3. The number of thiazole rings is 1. The summed E-state index contributed by atoms with van der Waals surface area (Å²) >= 11 is 7.46. The molecule has 1 heterocycles. The van der Waals surface area contributed by atoms with E-state index in [-0.39, 0.29) is 5.56 Å². The summed E-state index contributed by atoms with van der Waals surface area (Å²) in [6.07, 6.45) is 0. The molecule has 0 aliphatic rings. The predicted molar refractivity (Wildman–Crippen MR) is 106 cm³/mol. The Hall–Kier alpha value is -2.09. The topological polar surface area (TPSA) is 36.4 Å². The van der Waals surface area contributed by atoms with E-state index in [2.05, 4.69) is 4.98 Å². The van der Waals surface area contributed by atoms with Gasteiger partial charge in [-0.05, 0) is 56.9 Å². The van der Waals surface area contributed by atoms with Gasteiger partial charge in [0.05, 0.1) is 10.2 Å². The average Bonchev–Trinajstić information content (AvgIpc) is 3.01. The molecule has 2 aromatic carbocycles. The van der Waals surface area contributed by atoms with Crippen LogP contribution < -0.4 is 4.90 Å². The van der Waals surface area contributed by atoms with Gasteiger partial charge in [-0.1, -0.05) is 22.9 Å². The molecule has 4 nitrogen and oxygen atoms in total. The van der Waals surface area contributed by atoms with Crippen molar-refractivity contribution < 1.29 is 13.6 Å². The first-order chi connectivity index (χ1) is 12.8. The Kier molecular flexibility index (Phi) is 5.74. The van der Waals surface area contributed by atoms with Gasteiger partial charge in [-0.3, -0.25) is 9.69 Å². The van der Waals surface area contributed by atoms with Crippen molar-refractivity contribution >= 4 is 44.2 Å². The summed E-state index contributed by atoms with van der Waals surface area (Å²) in [5, 5.41) is 1.09. The number of anilines is 1. The first-order valence-corrected chi connectivity index (χ1v) is 9.44. The number of halogens is 3. The highest BCUT2D eigenvalue weighted by atomic mass is 35.5. The Labute approximate surface area is 165 Å². The van der Waals surface area contributed by atoms with Gasteiger partial charge in [0.1, 0.15) is 0 Å². The summed E-state index contributed by atoms with van der Waals surface area (Å²) in [7, 11) is 3.78. The molecule has 3 aromatic rings. The number of rotatable bonds is 5. The quantitative estimate of drug-likeness (QED) is 0.610. The van der Waals surface area contributed by atoms with Crippen LogP contribution in [0.4, 0.5) is 13.9 Å². The molecule has 0 spiro atoms. The minimum absolute atomic E-state index is 0.0710. The monoisotopic (exact) mass is 409 g/mol. The zero-order valence-corrected chi connectivity index (χ0v) is 16.7. The van der Waals surface area contributed by atoms with Crippen molar-refractivity contribution in [1.82, 2.24) is 9.88 Å². The first kappa shape index (κ1) is 19.7. The Morgan fingerprint density at radius 3 is 2.56 bits per heavy atom. The lowest BCUT2D eigenvalue weighted by Gasteiger charge is -2.22. The summed E-state index contributed by atoms with van der Waals surface area (Å²) in [4.78, 5) is 21.0. The van der Waals surface area contributed by atoms with Crippen molar-refractivity contribution in [2.45, 2.75) is 6.92 Å². The van der Waals surface area contributed by atoms with E-state index in [1.807, 2.05) is 32.0 Å². The molecule has 0 radical (unpaired) electrons. The van der Waals surface area contributed by atoms with Crippen LogP contribution in [-0.4, -0.2) is 43.0 Å². The predicted octanol–water partition coefficient (Wildman–Crippen LogP) is 4.74. The third-order valence-electron chi connectivity index (χ3n) is 4.05. The number of carbonyl (C=O) groups excluding carboxylic acids is 1. The van der Waals surface area contributed by atoms with Gasteiger partial charge in [0.2, 0.25) is 0 Å². The molecule has 1 aromatic heterocycles. The number of aromatic nitrogens is 1. The lowest BCUT2D eigenvalue weighted by molar-refractivity contribution is 0.0984. The Bertz CT molecular complexity index is 1010. The SMILES string of the molecule is Cc1cc(Cl)cc2sc(N(CCN(C)C)C(=O)c3ccc(F)c(F)c3)nc12. The molecule has 3 rings (SSSR count). The minimum atomic E-state index is -1.06. The first-order valence-electron chi connectivity index (χ1n) is 8.24. The van der Waals surface area contributed by atoms with Crippen molar-refractivity contribution in [3.8, 4) is 0 Å². The second kappa shape index (κ2) is 7.88. The van der Waals surface area contributed by atoms with Gasteiger partial charge in [-0.15, -0.1) is 0 Å². The van der Waals surface area contributed by atoms with Gasteiger partial charge in [0.15, 0.2) is 16.8 Å². The van der Waals surface area contributed by atoms with Crippen molar-refractivity contribution in [1.29, 1.82) is 0 Å². The summed E-state index contributed by atoms with van der Waals surface area (Å²) < 4.78 is 27.7. The third kappa shape index (κ3) is 4.26. The van der Waals surface area contributed by atoms with Gasteiger partial charge in [0, 0.05) is 23.7 Å². The summed E-state index contributed by atoms with van der Waals surface area (Å²) in [6, 6.07) is 6.76. The van der Waals surface area contributed by atoms with Crippen LogP contribution in [0, 0.1) is 18.6 Å². The molecular formula is C19H18ClF2N3OS. The van der Waals surface area contributed by atoms with Crippen LogP contribution in [0.5, 0.6) is 0 Å². The zero-order valence-electron chi connectivity index (χ0n) is 15.1. The fourth-order valence-corrected chi connectivity index (χ4v) is 4.07. The second-order valence-electron chi connectivity index (χ2n) is 6.45. The molecule has 0 saturated heterocycles. The van der Waals surface area contributed by atoms with Crippen LogP contribution in [0.15, 0.2) is 30.3 Å². The molecule has 0 saturated carbocycles. The van der Waals surface area contributed by atoms with Crippen LogP contribution in [0.3, 0.4) is 0 Å². The largest absolute Gasteiger partial charge is 0.308 e.